The summed E-state index contributed by atoms with van der Waals surface area (Å²) in [6.45, 7) is 1.72. The van der Waals surface area contributed by atoms with E-state index in [0.717, 1.165) is 11.3 Å². The number of amides is 1. The number of nitrogens with one attached hydrogen (secondary N) is 2. The largest absolute Gasteiger partial charge is 0.467 e. The van der Waals surface area contributed by atoms with Gasteiger partial charge in [0.1, 0.15) is 12.1 Å². The van der Waals surface area contributed by atoms with Crippen LogP contribution < -0.4 is 10.6 Å². The minimum atomic E-state index is -0.741. The second-order valence-corrected chi connectivity index (χ2v) is 6.08. The average molecular weight is 361 g/mol. The molecule has 25 heavy (non-hydrogen) atoms. The summed E-state index contributed by atoms with van der Waals surface area (Å²) < 4.78 is 4.81. The van der Waals surface area contributed by atoms with Gasteiger partial charge in [-0.15, -0.1) is 0 Å². The maximum absolute atomic E-state index is 12.4. The van der Waals surface area contributed by atoms with Crippen LogP contribution in [0.3, 0.4) is 0 Å². The van der Waals surface area contributed by atoms with Crippen LogP contribution in [-0.2, 0) is 20.7 Å². The molecule has 1 amide bonds. The lowest BCUT2D eigenvalue weighted by atomic mass is 10.1. The van der Waals surface area contributed by atoms with Gasteiger partial charge >= 0.3 is 5.97 Å². The summed E-state index contributed by atoms with van der Waals surface area (Å²) >= 11 is 5.85. The minimum absolute atomic E-state index is 0.290. The maximum Gasteiger partial charge on any atom is 0.328 e. The molecule has 132 valence electrons. The van der Waals surface area contributed by atoms with Crippen molar-refractivity contribution in [2.45, 2.75) is 25.4 Å². The summed E-state index contributed by atoms with van der Waals surface area (Å²) in [5.41, 5.74) is 1.71. The smallest absolute Gasteiger partial charge is 0.328 e. The molecule has 2 aromatic rings. The van der Waals surface area contributed by atoms with Crippen molar-refractivity contribution >= 4 is 29.2 Å². The van der Waals surface area contributed by atoms with E-state index in [1.54, 1.807) is 31.2 Å². The van der Waals surface area contributed by atoms with Crippen LogP contribution in [0.15, 0.2) is 54.6 Å². The molecule has 0 spiro atoms. The molecule has 2 atom stereocenters. The molecule has 0 aliphatic heterocycles. The van der Waals surface area contributed by atoms with Crippen LogP contribution in [0.5, 0.6) is 0 Å². The quantitative estimate of drug-likeness (QED) is 0.745. The fourth-order valence-corrected chi connectivity index (χ4v) is 2.47. The van der Waals surface area contributed by atoms with Crippen molar-refractivity contribution in [3.05, 3.63) is 65.2 Å². The molecule has 0 aliphatic carbocycles. The molecule has 0 bridgehead atoms. The van der Waals surface area contributed by atoms with E-state index in [1.807, 2.05) is 30.3 Å². The summed E-state index contributed by atoms with van der Waals surface area (Å²) in [4.78, 5) is 24.4. The van der Waals surface area contributed by atoms with Gasteiger partial charge in [-0.3, -0.25) is 4.79 Å². The van der Waals surface area contributed by atoms with Crippen LogP contribution in [0.4, 0.5) is 5.69 Å². The molecule has 2 aromatic carbocycles. The predicted molar refractivity (Wildman–Crippen MR) is 98.6 cm³/mol. The molecule has 1 unspecified atom stereocenters. The third-order valence-electron chi connectivity index (χ3n) is 3.71. The van der Waals surface area contributed by atoms with Gasteiger partial charge in [0.15, 0.2) is 0 Å². The Balaban J connectivity index is 2.00. The summed E-state index contributed by atoms with van der Waals surface area (Å²) in [6.07, 6.45) is 0.368. The van der Waals surface area contributed by atoms with Gasteiger partial charge in [0, 0.05) is 17.1 Å². The second kappa shape index (κ2) is 9.08. The number of methoxy groups -OCH3 is 1. The molecule has 2 rings (SSSR count). The van der Waals surface area contributed by atoms with Gasteiger partial charge in [0.25, 0.3) is 0 Å². The van der Waals surface area contributed by atoms with Gasteiger partial charge in [-0.25, -0.2) is 4.79 Å². The molecule has 2 N–H and O–H groups in total. The van der Waals surface area contributed by atoms with E-state index < -0.39 is 18.1 Å². The highest BCUT2D eigenvalue weighted by Crippen LogP contribution is 2.14. The number of anilines is 1. The van der Waals surface area contributed by atoms with Crippen molar-refractivity contribution in [2.24, 2.45) is 0 Å². The van der Waals surface area contributed by atoms with E-state index in [0.29, 0.717) is 11.4 Å². The van der Waals surface area contributed by atoms with Crippen molar-refractivity contribution in [3.63, 3.8) is 0 Å². The first-order valence-corrected chi connectivity index (χ1v) is 8.31. The first kappa shape index (κ1) is 18.8. The number of halogens is 1. The zero-order valence-corrected chi connectivity index (χ0v) is 14.9. The molecule has 0 aromatic heterocycles. The second-order valence-electron chi connectivity index (χ2n) is 5.65. The van der Waals surface area contributed by atoms with Crippen molar-refractivity contribution in [1.29, 1.82) is 0 Å². The van der Waals surface area contributed by atoms with Crippen molar-refractivity contribution < 1.29 is 14.3 Å². The van der Waals surface area contributed by atoms with Crippen molar-refractivity contribution in [1.82, 2.24) is 5.32 Å². The zero-order valence-electron chi connectivity index (χ0n) is 14.2. The van der Waals surface area contributed by atoms with E-state index >= 15 is 0 Å². The minimum Gasteiger partial charge on any atom is -0.467 e. The number of ether oxygens (including phenoxy) is 1. The van der Waals surface area contributed by atoms with Crippen LogP contribution in [0, 0.1) is 0 Å². The van der Waals surface area contributed by atoms with Gasteiger partial charge in [-0.1, -0.05) is 41.9 Å². The van der Waals surface area contributed by atoms with E-state index in [1.165, 1.54) is 7.11 Å². The topological polar surface area (TPSA) is 67.4 Å². The van der Waals surface area contributed by atoms with Gasteiger partial charge in [-0.05, 0) is 36.8 Å². The molecular weight excluding hydrogens is 340 g/mol. The van der Waals surface area contributed by atoms with E-state index in [9.17, 15) is 9.59 Å². The van der Waals surface area contributed by atoms with E-state index in [-0.39, 0.29) is 5.91 Å². The molecule has 5 nitrogen and oxygen atoms in total. The van der Waals surface area contributed by atoms with Crippen molar-refractivity contribution in [2.75, 3.05) is 12.4 Å². The molecular formula is C19H21ClN2O3. The first-order valence-electron chi connectivity index (χ1n) is 7.94. The molecule has 0 saturated carbocycles. The van der Waals surface area contributed by atoms with Crippen LogP contribution in [0.1, 0.15) is 12.5 Å². The van der Waals surface area contributed by atoms with Crippen LogP contribution in [-0.4, -0.2) is 31.1 Å². The van der Waals surface area contributed by atoms with Gasteiger partial charge < -0.3 is 15.4 Å². The third kappa shape index (κ3) is 5.80. The summed E-state index contributed by atoms with van der Waals surface area (Å²) in [5, 5.41) is 6.44. The monoisotopic (exact) mass is 360 g/mol. The van der Waals surface area contributed by atoms with E-state index in [4.69, 9.17) is 16.3 Å². The molecule has 0 aliphatic rings. The SMILES string of the molecule is COC(=O)[C@H](Cc1ccccc1)NC(=O)C(C)Nc1ccc(Cl)cc1. The fraction of sp³-hybridized carbons (Fsp3) is 0.263. The number of hydrogen-bond acceptors (Lipinski definition) is 4. The Morgan fingerprint density at radius 3 is 2.32 bits per heavy atom. The number of hydrogen-bond donors (Lipinski definition) is 2. The number of carbonyl (C=O) groups excluding carboxylic acids is 2. The summed E-state index contributed by atoms with van der Waals surface area (Å²) in [6, 6.07) is 15.2. The predicted octanol–water partition coefficient (Wildman–Crippen LogP) is 3.04. The highest BCUT2D eigenvalue weighted by atomic mass is 35.5. The molecule has 0 fully saturated rings. The number of carbonyl (C=O) groups is 2. The maximum atomic E-state index is 12.4. The standard InChI is InChI=1S/C19H21ClN2O3/c1-13(21-16-10-8-15(20)9-11-16)18(23)22-17(19(24)25-2)12-14-6-4-3-5-7-14/h3-11,13,17,21H,12H2,1-2H3,(H,22,23)/t13?,17-/m0/s1. The number of esters is 1. The fourth-order valence-electron chi connectivity index (χ4n) is 2.34. The lowest BCUT2D eigenvalue weighted by molar-refractivity contribution is -0.145. The Hall–Kier alpha value is -2.53. The average Bonchev–Trinajstić information content (AvgIpc) is 2.63. The third-order valence-corrected chi connectivity index (χ3v) is 3.96. The normalized spacial score (nSPS) is 12.8. The Labute approximate surface area is 152 Å². The molecule has 0 radical (unpaired) electrons. The summed E-state index contributed by atoms with van der Waals surface area (Å²) in [5.74, 6) is -0.767. The Morgan fingerprint density at radius 1 is 1.08 bits per heavy atom. The zero-order chi connectivity index (χ0) is 18.2. The van der Waals surface area contributed by atoms with E-state index in [2.05, 4.69) is 10.6 Å². The Morgan fingerprint density at radius 2 is 1.72 bits per heavy atom. The van der Waals surface area contributed by atoms with Gasteiger partial charge in [-0.2, -0.15) is 0 Å². The Bertz CT molecular complexity index is 704. The number of benzene rings is 2. The Kier molecular flexibility index (Phi) is 6.83. The van der Waals surface area contributed by atoms with Crippen molar-refractivity contribution in [3.8, 4) is 0 Å². The highest BCUT2D eigenvalue weighted by Gasteiger charge is 2.24. The lowest BCUT2D eigenvalue weighted by Crippen LogP contribution is -2.48. The van der Waals surface area contributed by atoms with Gasteiger partial charge in [0.2, 0.25) is 5.91 Å². The molecule has 0 heterocycles. The highest BCUT2D eigenvalue weighted by molar-refractivity contribution is 6.30. The first-order chi connectivity index (χ1) is 12.0. The van der Waals surface area contributed by atoms with Crippen LogP contribution in [0.2, 0.25) is 5.02 Å². The van der Waals surface area contributed by atoms with Crippen LogP contribution >= 0.6 is 11.6 Å². The lowest BCUT2D eigenvalue weighted by Gasteiger charge is -2.20. The number of rotatable bonds is 7. The molecule has 6 heteroatoms. The summed E-state index contributed by atoms with van der Waals surface area (Å²) in [7, 11) is 1.31. The molecule has 0 saturated heterocycles. The van der Waals surface area contributed by atoms with Crippen LogP contribution in [0.25, 0.3) is 0 Å². The van der Waals surface area contributed by atoms with Gasteiger partial charge in [0.05, 0.1) is 7.11 Å².